The van der Waals surface area contributed by atoms with Crippen molar-refractivity contribution >= 4 is 28.3 Å². The van der Waals surface area contributed by atoms with Crippen molar-refractivity contribution in [1.82, 2.24) is 15.0 Å². The first-order valence-electron chi connectivity index (χ1n) is 7.53. The third kappa shape index (κ3) is 2.64. The number of carbonyl (C=O) groups excluding carboxylic acids is 1. The smallest absolute Gasteiger partial charge is 0.231 e. The zero-order valence-corrected chi connectivity index (χ0v) is 12.6. The lowest BCUT2D eigenvalue weighted by atomic mass is 10.1. The molecule has 3 aromatic heterocycles. The van der Waals surface area contributed by atoms with E-state index < -0.39 is 12.1 Å². The molecular formula is C17H14FN5O. The molecule has 0 bridgehead atoms. The second-order valence-electron chi connectivity index (χ2n) is 5.77. The molecule has 0 spiro atoms. The molecule has 1 fully saturated rings. The molecule has 1 aliphatic carbocycles. The van der Waals surface area contributed by atoms with Crippen molar-refractivity contribution in [2.45, 2.75) is 12.6 Å². The van der Waals surface area contributed by atoms with Gasteiger partial charge in [-0.1, -0.05) is 0 Å². The van der Waals surface area contributed by atoms with Crippen molar-refractivity contribution in [2.24, 2.45) is 5.92 Å². The van der Waals surface area contributed by atoms with Crippen LogP contribution < -0.4 is 11.1 Å². The van der Waals surface area contributed by atoms with Crippen LogP contribution in [-0.2, 0) is 4.79 Å². The van der Waals surface area contributed by atoms with Gasteiger partial charge in [0.25, 0.3) is 0 Å². The highest BCUT2D eigenvalue weighted by Gasteiger charge is 2.43. The second kappa shape index (κ2) is 5.52. The van der Waals surface area contributed by atoms with Gasteiger partial charge in [0.05, 0.1) is 11.6 Å². The Hall–Kier alpha value is -3.09. The van der Waals surface area contributed by atoms with Gasteiger partial charge >= 0.3 is 0 Å². The number of pyridine rings is 3. The van der Waals surface area contributed by atoms with Crippen molar-refractivity contribution in [3.05, 3.63) is 42.9 Å². The van der Waals surface area contributed by atoms with Gasteiger partial charge in [0, 0.05) is 29.5 Å². The lowest BCUT2D eigenvalue weighted by Crippen LogP contribution is -2.15. The normalized spacial score (nSPS) is 19.2. The van der Waals surface area contributed by atoms with Crippen LogP contribution in [0.3, 0.4) is 0 Å². The number of aromatic nitrogens is 3. The van der Waals surface area contributed by atoms with Gasteiger partial charge in [-0.15, -0.1) is 0 Å². The Morgan fingerprint density at radius 3 is 2.88 bits per heavy atom. The Kier molecular flexibility index (Phi) is 3.34. The van der Waals surface area contributed by atoms with E-state index in [1.807, 2.05) is 18.2 Å². The Balaban J connectivity index is 1.71. The van der Waals surface area contributed by atoms with E-state index in [0.717, 1.165) is 10.9 Å². The first kappa shape index (κ1) is 14.5. The summed E-state index contributed by atoms with van der Waals surface area (Å²) in [5.41, 5.74) is 7.54. The Labute approximate surface area is 136 Å². The predicted molar refractivity (Wildman–Crippen MR) is 88.8 cm³/mol. The van der Waals surface area contributed by atoms with E-state index >= 15 is 0 Å². The lowest BCUT2D eigenvalue weighted by molar-refractivity contribution is -0.117. The van der Waals surface area contributed by atoms with Crippen LogP contribution in [0.15, 0.2) is 42.9 Å². The zero-order chi connectivity index (χ0) is 16.7. The van der Waals surface area contributed by atoms with Gasteiger partial charge < -0.3 is 11.1 Å². The summed E-state index contributed by atoms with van der Waals surface area (Å²) >= 11 is 0. The highest BCUT2D eigenvalue weighted by atomic mass is 19.1. The van der Waals surface area contributed by atoms with Crippen molar-refractivity contribution in [3.63, 3.8) is 0 Å². The number of rotatable bonds is 3. The van der Waals surface area contributed by atoms with E-state index in [9.17, 15) is 9.18 Å². The maximum Gasteiger partial charge on any atom is 0.231 e. The van der Waals surface area contributed by atoms with Gasteiger partial charge in [-0.25, -0.2) is 14.4 Å². The number of amides is 1. The number of hydrogen-bond acceptors (Lipinski definition) is 5. The summed E-state index contributed by atoms with van der Waals surface area (Å²) in [6.07, 6.45) is 4.18. The summed E-state index contributed by atoms with van der Waals surface area (Å²) in [5.74, 6) is -0.183. The number of halogens is 1. The van der Waals surface area contributed by atoms with E-state index in [-0.39, 0.29) is 12.3 Å². The first-order chi connectivity index (χ1) is 11.6. The van der Waals surface area contributed by atoms with Crippen LogP contribution in [0.2, 0.25) is 0 Å². The van der Waals surface area contributed by atoms with E-state index in [1.54, 1.807) is 24.7 Å². The molecule has 0 aromatic carbocycles. The van der Waals surface area contributed by atoms with E-state index in [0.29, 0.717) is 22.7 Å². The van der Waals surface area contributed by atoms with Gasteiger partial charge in [0.1, 0.15) is 17.8 Å². The molecular weight excluding hydrogens is 309 g/mol. The standard InChI is InChI=1S/C17H14FN5O/c18-13-6-11(13)17(24)23-15-5-10-4-14(9-2-1-3-20-7-9)22-16(19)12(10)8-21-15/h1-5,7-8,11,13H,6H2,(H2,19,22)(H,21,23,24)/t11-,13+/m1/s1. The highest BCUT2D eigenvalue weighted by molar-refractivity contribution is 5.98. The minimum absolute atomic E-state index is 0.279. The minimum atomic E-state index is -1.04. The molecule has 6 nitrogen and oxygen atoms in total. The van der Waals surface area contributed by atoms with Crippen molar-refractivity contribution in [3.8, 4) is 11.3 Å². The Morgan fingerprint density at radius 1 is 1.33 bits per heavy atom. The summed E-state index contributed by atoms with van der Waals surface area (Å²) in [5, 5.41) is 4.12. The number of alkyl halides is 1. The fourth-order valence-corrected chi connectivity index (χ4v) is 2.56. The molecule has 0 saturated heterocycles. The van der Waals surface area contributed by atoms with Gasteiger partial charge in [-0.3, -0.25) is 9.78 Å². The summed E-state index contributed by atoms with van der Waals surface area (Å²) < 4.78 is 13.0. The molecule has 0 unspecified atom stereocenters. The average molecular weight is 323 g/mol. The predicted octanol–water partition coefficient (Wildman–Crippen LogP) is 2.57. The van der Waals surface area contributed by atoms with E-state index in [1.165, 1.54) is 0 Å². The number of fused-ring (bicyclic) bond motifs is 1. The highest BCUT2D eigenvalue weighted by Crippen LogP contribution is 2.35. The van der Waals surface area contributed by atoms with Crippen LogP contribution in [0.1, 0.15) is 6.42 Å². The summed E-state index contributed by atoms with van der Waals surface area (Å²) in [4.78, 5) is 24.4. The Morgan fingerprint density at radius 2 is 2.17 bits per heavy atom. The first-order valence-corrected chi connectivity index (χ1v) is 7.53. The van der Waals surface area contributed by atoms with Crippen LogP contribution in [-0.4, -0.2) is 27.0 Å². The number of nitrogen functional groups attached to an aromatic ring is 1. The number of nitrogens with one attached hydrogen (secondary N) is 1. The topological polar surface area (TPSA) is 93.8 Å². The maximum absolute atomic E-state index is 13.0. The summed E-state index contributed by atoms with van der Waals surface area (Å²) in [6, 6.07) is 7.27. The van der Waals surface area contributed by atoms with Crippen molar-refractivity contribution < 1.29 is 9.18 Å². The molecule has 1 aliphatic rings. The third-order valence-corrected chi connectivity index (χ3v) is 4.00. The minimum Gasteiger partial charge on any atom is -0.383 e. The number of nitrogens with two attached hydrogens (primary N) is 1. The largest absolute Gasteiger partial charge is 0.383 e. The second-order valence-corrected chi connectivity index (χ2v) is 5.77. The van der Waals surface area contributed by atoms with Gasteiger partial charge in [-0.05, 0) is 36.1 Å². The fraction of sp³-hybridized carbons (Fsp3) is 0.176. The number of carbonyl (C=O) groups is 1. The van der Waals surface area contributed by atoms with E-state index in [2.05, 4.69) is 20.3 Å². The van der Waals surface area contributed by atoms with Crippen LogP contribution in [0, 0.1) is 5.92 Å². The van der Waals surface area contributed by atoms with Crippen LogP contribution >= 0.6 is 0 Å². The zero-order valence-electron chi connectivity index (χ0n) is 12.6. The number of hydrogen-bond donors (Lipinski definition) is 2. The molecule has 120 valence electrons. The third-order valence-electron chi connectivity index (χ3n) is 4.00. The molecule has 2 atom stereocenters. The van der Waals surface area contributed by atoms with Crippen LogP contribution in [0.4, 0.5) is 16.0 Å². The average Bonchev–Trinajstić information content (AvgIpc) is 3.32. The fourth-order valence-electron chi connectivity index (χ4n) is 2.56. The van der Waals surface area contributed by atoms with Gasteiger partial charge in [-0.2, -0.15) is 0 Å². The monoisotopic (exact) mass is 323 g/mol. The summed E-state index contributed by atoms with van der Waals surface area (Å²) in [6.45, 7) is 0. The van der Waals surface area contributed by atoms with Crippen molar-refractivity contribution in [2.75, 3.05) is 11.1 Å². The van der Waals surface area contributed by atoms with Crippen molar-refractivity contribution in [1.29, 1.82) is 0 Å². The molecule has 1 amide bonds. The number of nitrogens with zero attached hydrogens (tertiary/aromatic N) is 3. The molecule has 0 radical (unpaired) electrons. The molecule has 4 rings (SSSR count). The SMILES string of the molecule is Nc1nc(-c2cccnc2)cc2cc(NC(=O)[C@@H]3C[C@@H]3F)ncc12. The summed E-state index contributed by atoms with van der Waals surface area (Å²) in [7, 11) is 0. The lowest BCUT2D eigenvalue weighted by Gasteiger charge is -2.08. The van der Waals surface area contributed by atoms with Crippen LogP contribution in [0.5, 0.6) is 0 Å². The quantitative estimate of drug-likeness (QED) is 0.772. The molecule has 1 saturated carbocycles. The van der Waals surface area contributed by atoms with E-state index in [4.69, 9.17) is 5.73 Å². The molecule has 7 heteroatoms. The van der Waals surface area contributed by atoms with Gasteiger partial charge in [0.15, 0.2) is 0 Å². The maximum atomic E-state index is 13.0. The number of anilines is 2. The molecule has 3 N–H and O–H groups in total. The Bertz CT molecular complexity index is 931. The molecule has 0 aliphatic heterocycles. The molecule has 24 heavy (non-hydrogen) atoms. The molecule has 3 aromatic rings. The van der Waals surface area contributed by atoms with Gasteiger partial charge in [0.2, 0.25) is 5.91 Å². The van der Waals surface area contributed by atoms with Crippen LogP contribution in [0.25, 0.3) is 22.0 Å². The molecule has 3 heterocycles.